The van der Waals surface area contributed by atoms with Crippen LogP contribution in [0.4, 0.5) is 5.69 Å². The van der Waals surface area contributed by atoms with Crippen LogP contribution in [0.2, 0.25) is 0 Å². The molecular weight excluding hydrogens is 194 g/mol. The number of aryl methyl sites for hydroxylation is 1. The van der Waals surface area contributed by atoms with E-state index in [9.17, 15) is 10.2 Å². The van der Waals surface area contributed by atoms with Crippen molar-refractivity contribution < 1.29 is 10.2 Å². The predicted molar refractivity (Wildman–Crippen MR) is 58.0 cm³/mol. The van der Waals surface area contributed by atoms with Crippen molar-refractivity contribution >= 4 is 5.69 Å². The minimum Gasteiger partial charge on any atom is -0.397 e. The maximum absolute atomic E-state index is 9.78. The fourth-order valence-corrected chi connectivity index (χ4v) is 1.34. The molecule has 1 aromatic heterocycles. The number of hydrogen-bond donors (Lipinski definition) is 4. The molecule has 0 bridgehead atoms. The molecule has 15 heavy (non-hydrogen) atoms. The fraction of sp³-hybridized carbons (Fsp3) is 0.500. The van der Waals surface area contributed by atoms with Gasteiger partial charge in [0.1, 0.15) is 6.10 Å². The number of aromatic nitrogens is 1. The molecule has 0 aliphatic carbocycles. The Bertz CT molecular complexity index is 330. The molecule has 6 N–H and O–H groups in total. The zero-order chi connectivity index (χ0) is 11.4. The number of aliphatic hydroxyl groups is 2. The molecule has 0 radical (unpaired) electrons. The molecule has 0 spiro atoms. The molecule has 1 aromatic rings. The maximum Gasteiger partial charge on any atom is 0.124 e. The van der Waals surface area contributed by atoms with E-state index in [2.05, 4.69) is 4.98 Å². The van der Waals surface area contributed by atoms with Crippen LogP contribution >= 0.6 is 0 Å². The van der Waals surface area contributed by atoms with Crippen LogP contribution in [-0.2, 0) is 0 Å². The molecule has 5 heteroatoms. The van der Waals surface area contributed by atoms with Crippen LogP contribution in [-0.4, -0.2) is 27.8 Å². The van der Waals surface area contributed by atoms with Gasteiger partial charge in [-0.1, -0.05) is 0 Å². The van der Waals surface area contributed by atoms with Crippen LogP contribution in [0.1, 0.15) is 23.8 Å². The number of aliphatic hydroxyl groups excluding tert-OH is 2. The number of hydrogen-bond acceptors (Lipinski definition) is 5. The third-order valence-corrected chi connectivity index (χ3v) is 2.35. The molecule has 2 atom stereocenters. The van der Waals surface area contributed by atoms with Crippen molar-refractivity contribution in [1.82, 2.24) is 4.98 Å². The van der Waals surface area contributed by atoms with Gasteiger partial charge in [0.2, 0.25) is 0 Å². The summed E-state index contributed by atoms with van der Waals surface area (Å²) in [6.07, 6.45) is -0.129. The van der Waals surface area contributed by atoms with Gasteiger partial charge < -0.3 is 21.7 Å². The summed E-state index contributed by atoms with van der Waals surface area (Å²) in [7, 11) is 0. The van der Waals surface area contributed by atoms with Crippen molar-refractivity contribution in [3.05, 3.63) is 23.5 Å². The highest BCUT2D eigenvalue weighted by atomic mass is 16.3. The summed E-state index contributed by atoms with van der Waals surface area (Å²) in [5.74, 6) is 0. The molecule has 1 rings (SSSR count). The average Bonchev–Trinajstić information content (AvgIpc) is 2.21. The Morgan fingerprint density at radius 2 is 2.13 bits per heavy atom. The highest BCUT2D eigenvalue weighted by Gasteiger charge is 2.21. The third kappa shape index (κ3) is 2.65. The highest BCUT2D eigenvalue weighted by Crippen LogP contribution is 2.24. The molecule has 0 aromatic carbocycles. The van der Waals surface area contributed by atoms with Gasteiger partial charge >= 0.3 is 0 Å². The Kier molecular flexibility index (Phi) is 4.02. The minimum atomic E-state index is -1.08. The van der Waals surface area contributed by atoms with E-state index in [0.717, 1.165) is 5.56 Å². The molecule has 0 saturated carbocycles. The lowest BCUT2D eigenvalue weighted by atomic mass is 10.0. The van der Waals surface area contributed by atoms with Crippen molar-refractivity contribution in [2.75, 3.05) is 12.3 Å². The van der Waals surface area contributed by atoms with Gasteiger partial charge in [0.25, 0.3) is 0 Å². The van der Waals surface area contributed by atoms with Crippen molar-refractivity contribution in [2.45, 2.75) is 25.6 Å². The predicted octanol–water partition coefficient (Wildman–Crippen LogP) is -0.285. The second-order valence-electron chi connectivity index (χ2n) is 3.52. The first-order valence-electron chi connectivity index (χ1n) is 4.85. The summed E-state index contributed by atoms with van der Waals surface area (Å²) in [5.41, 5.74) is 12.6. The normalized spacial score (nSPS) is 14.9. The maximum atomic E-state index is 9.78. The summed E-state index contributed by atoms with van der Waals surface area (Å²) >= 11 is 0. The molecular formula is C10H17N3O2. The monoisotopic (exact) mass is 211 g/mol. The van der Waals surface area contributed by atoms with Gasteiger partial charge in [-0.05, 0) is 31.5 Å². The van der Waals surface area contributed by atoms with Crippen LogP contribution in [0.5, 0.6) is 0 Å². The highest BCUT2D eigenvalue weighted by molar-refractivity contribution is 5.50. The SMILES string of the molecule is Cc1ccnc(C(O)C(O)CCN)c1N. The quantitative estimate of drug-likeness (QED) is 0.548. The Hall–Kier alpha value is -1.17. The van der Waals surface area contributed by atoms with E-state index in [1.807, 2.05) is 6.92 Å². The van der Waals surface area contributed by atoms with E-state index < -0.39 is 12.2 Å². The van der Waals surface area contributed by atoms with E-state index in [4.69, 9.17) is 11.5 Å². The molecule has 84 valence electrons. The van der Waals surface area contributed by atoms with Gasteiger partial charge in [-0.25, -0.2) is 0 Å². The Labute approximate surface area is 88.7 Å². The van der Waals surface area contributed by atoms with Gasteiger partial charge in [0.15, 0.2) is 0 Å². The lowest BCUT2D eigenvalue weighted by molar-refractivity contribution is 0.0129. The van der Waals surface area contributed by atoms with Crippen LogP contribution in [0.3, 0.4) is 0 Å². The summed E-state index contributed by atoms with van der Waals surface area (Å²) in [6, 6.07) is 1.75. The average molecular weight is 211 g/mol. The van der Waals surface area contributed by atoms with Gasteiger partial charge in [-0.15, -0.1) is 0 Å². The number of rotatable bonds is 4. The molecule has 1 heterocycles. The molecule has 0 fully saturated rings. The van der Waals surface area contributed by atoms with E-state index in [0.29, 0.717) is 24.3 Å². The second-order valence-corrected chi connectivity index (χ2v) is 3.52. The number of anilines is 1. The van der Waals surface area contributed by atoms with Gasteiger partial charge in [0.05, 0.1) is 17.5 Å². The van der Waals surface area contributed by atoms with Crippen LogP contribution < -0.4 is 11.5 Å². The second kappa shape index (κ2) is 5.06. The summed E-state index contributed by atoms with van der Waals surface area (Å²) in [4.78, 5) is 3.97. The first-order chi connectivity index (χ1) is 7.07. The zero-order valence-corrected chi connectivity index (χ0v) is 8.72. The van der Waals surface area contributed by atoms with E-state index >= 15 is 0 Å². The molecule has 0 aliphatic heterocycles. The number of pyridine rings is 1. The largest absolute Gasteiger partial charge is 0.397 e. The van der Waals surface area contributed by atoms with Crippen molar-refractivity contribution in [2.24, 2.45) is 5.73 Å². The van der Waals surface area contributed by atoms with E-state index in [1.54, 1.807) is 12.3 Å². The van der Waals surface area contributed by atoms with Crippen LogP contribution in [0, 0.1) is 6.92 Å². The Balaban J connectivity index is 2.90. The van der Waals surface area contributed by atoms with Gasteiger partial charge in [0, 0.05) is 6.20 Å². The summed E-state index contributed by atoms with van der Waals surface area (Å²) in [5, 5.41) is 19.3. The van der Waals surface area contributed by atoms with Crippen molar-refractivity contribution in [3.63, 3.8) is 0 Å². The molecule has 5 nitrogen and oxygen atoms in total. The first-order valence-corrected chi connectivity index (χ1v) is 4.85. The first kappa shape index (κ1) is 11.9. The smallest absolute Gasteiger partial charge is 0.124 e. The molecule has 2 unspecified atom stereocenters. The number of nitrogens with two attached hydrogens (primary N) is 2. The number of nitrogen functional groups attached to an aromatic ring is 1. The van der Waals surface area contributed by atoms with Crippen molar-refractivity contribution in [1.29, 1.82) is 0 Å². The number of nitrogens with zero attached hydrogens (tertiary/aromatic N) is 1. The standard InChI is InChI=1S/C10H17N3O2/c1-6-3-5-13-9(8(6)12)10(15)7(14)2-4-11/h3,5,7,10,14-15H,2,4,11-12H2,1H3. The summed E-state index contributed by atoms with van der Waals surface area (Å²) in [6.45, 7) is 2.13. The Morgan fingerprint density at radius 1 is 1.47 bits per heavy atom. The summed E-state index contributed by atoms with van der Waals surface area (Å²) < 4.78 is 0. The van der Waals surface area contributed by atoms with Gasteiger partial charge in [-0.3, -0.25) is 4.98 Å². The Morgan fingerprint density at radius 3 is 2.73 bits per heavy atom. The topological polar surface area (TPSA) is 105 Å². The van der Waals surface area contributed by atoms with Crippen LogP contribution in [0.25, 0.3) is 0 Å². The molecule has 0 saturated heterocycles. The minimum absolute atomic E-state index is 0.309. The van der Waals surface area contributed by atoms with Crippen molar-refractivity contribution in [3.8, 4) is 0 Å². The van der Waals surface area contributed by atoms with Crippen LogP contribution in [0.15, 0.2) is 12.3 Å². The third-order valence-electron chi connectivity index (χ3n) is 2.35. The fourth-order valence-electron chi connectivity index (χ4n) is 1.34. The molecule has 0 aliphatic rings. The van der Waals surface area contributed by atoms with E-state index in [1.165, 1.54) is 0 Å². The molecule has 0 amide bonds. The lowest BCUT2D eigenvalue weighted by Gasteiger charge is -2.18. The lowest BCUT2D eigenvalue weighted by Crippen LogP contribution is -2.23. The van der Waals surface area contributed by atoms with Gasteiger partial charge in [-0.2, -0.15) is 0 Å². The zero-order valence-electron chi connectivity index (χ0n) is 8.72. The van der Waals surface area contributed by atoms with E-state index in [-0.39, 0.29) is 0 Å².